The number of nitrogens with zero attached hydrogens (tertiary/aromatic N) is 3. The molecule has 4 heteroatoms. The van der Waals surface area contributed by atoms with Crippen LogP contribution in [-0.4, -0.2) is 40.6 Å². The first-order valence-electron chi connectivity index (χ1n) is 5.68. The highest BCUT2D eigenvalue weighted by molar-refractivity contribution is 5.30. The van der Waals surface area contributed by atoms with Gasteiger partial charge in [-0.25, -0.2) is 4.98 Å². The van der Waals surface area contributed by atoms with E-state index in [9.17, 15) is 0 Å². The molecule has 1 unspecified atom stereocenters. The first kappa shape index (κ1) is 10.5. The zero-order valence-corrected chi connectivity index (χ0v) is 9.82. The Morgan fingerprint density at radius 2 is 2.40 bits per heavy atom. The molecular formula is C11H20N4. The first-order chi connectivity index (χ1) is 7.19. The van der Waals surface area contributed by atoms with Crippen LogP contribution in [0.4, 0.5) is 5.95 Å². The molecule has 84 valence electrons. The molecule has 0 spiro atoms. The van der Waals surface area contributed by atoms with Gasteiger partial charge in [0.05, 0.1) is 5.69 Å². The Balaban J connectivity index is 2.03. The van der Waals surface area contributed by atoms with Crippen molar-refractivity contribution in [1.29, 1.82) is 0 Å². The smallest absolute Gasteiger partial charge is 0.203 e. The Morgan fingerprint density at radius 1 is 1.60 bits per heavy atom. The van der Waals surface area contributed by atoms with E-state index in [1.54, 1.807) is 0 Å². The highest BCUT2D eigenvalue weighted by Gasteiger charge is 2.20. The van der Waals surface area contributed by atoms with Crippen LogP contribution in [0, 0.1) is 6.92 Å². The zero-order chi connectivity index (χ0) is 10.8. The van der Waals surface area contributed by atoms with Gasteiger partial charge in [0, 0.05) is 25.3 Å². The second kappa shape index (κ2) is 4.23. The largest absolute Gasteiger partial charge is 0.352 e. The van der Waals surface area contributed by atoms with Gasteiger partial charge in [-0.3, -0.25) is 0 Å². The van der Waals surface area contributed by atoms with Crippen LogP contribution in [0.2, 0.25) is 0 Å². The monoisotopic (exact) mass is 208 g/mol. The molecule has 1 aromatic rings. The van der Waals surface area contributed by atoms with Crippen LogP contribution in [0.1, 0.15) is 19.0 Å². The Labute approximate surface area is 91.3 Å². The molecule has 0 saturated carbocycles. The fourth-order valence-corrected chi connectivity index (χ4v) is 2.14. The molecule has 0 amide bonds. The van der Waals surface area contributed by atoms with Crippen molar-refractivity contribution < 1.29 is 0 Å². The molecule has 4 nitrogen and oxygen atoms in total. The van der Waals surface area contributed by atoms with E-state index in [0.717, 1.165) is 24.7 Å². The van der Waals surface area contributed by atoms with E-state index in [4.69, 9.17) is 0 Å². The normalized spacial score (nSPS) is 22.2. The summed E-state index contributed by atoms with van der Waals surface area (Å²) in [6.07, 6.45) is 3.31. The molecule has 1 aliphatic heterocycles. The van der Waals surface area contributed by atoms with Gasteiger partial charge >= 0.3 is 0 Å². The summed E-state index contributed by atoms with van der Waals surface area (Å²) in [5.41, 5.74) is 1.09. The highest BCUT2D eigenvalue weighted by atomic mass is 15.2. The minimum atomic E-state index is 0.557. The number of aromatic nitrogens is 2. The van der Waals surface area contributed by atoms with Crippen LogP contribution in [0.25, 0.3) is 0 Å². The lowest BCUT2D eigenvalue weighted by Gasteiger charge is -2.14. The van der Waals surface area contributed by atoms with E-state index >= 15 is 0 Å². The Hall–Kier alpha value is -1.03. The summed E-state index contributed by atoms with van der Waals surface area (Å²) in [6.45, 7) is 7.47. The summed E-state index contributed by atoms with van der Waals surface area (Å²) < 4.78 is 2.17. The lowest BCUT2D eigenvalue weighted by atomic mass is 10.3. The van der Waals surface area contributed by atoms with E-state index in [2.05, 4.69) is 39.9 Å². The summed E-state index contributed by atoms with van der Waals surface area (Å²) in [5.74, 6) is 1.02. The molecule has 0 aromatic carbocycles. The van der Waals surface area contributed by atoms with Crippen molar-refractivity contribution >= 4 is 5.95 Å². The van der Waals surface area contributed by atoms with Crippen molar-refractivity contribution in [2.24, 2.45) is 0 Å². The van der Waals surface area contributed by atoms with Crippen LogP contribution in [-0.2, 0) is 6.54 Å². The first-order valence-corrected chi connectivity index (χ1v) is 5.68. The molecule has 2 rings (SSSR count). The van der Waals surface area contributed by atoms with E-state index in [1.807, 2.05) is 6.92 Å². The van der Waals surface area contributed by atoms with Gasteiger partial charge in [-0.05, 0) is 33.9 Å². The Kier molecular flexibility index (Phi) is 2.95. The molecule has 1 saturated heterocycles. The summed E-state index contributed by atoms with van der Waals surface area (Å²) in [4.78, 5) is 6.85. The third-order valence-corrected chi connectivity index (χ3v) is 2.96. The van der Waals surface area contributed by atoms with Crippen molar-refractivity contribution in [1.82, 2.24) is 14.5 Å². The van der Waals surface area contributed by atoms with Gasteiger partial charge in [0.2, 0.25) is 5.95 Å². The maximum Gasteiger partial charge on any atom is 0.203 e. The second-order valence-electron chi connectivity index (χ2n) is 4.38. The predicted octanol–water partition coefficient (Wildman–Crippen LogP) is 1.33. The fraction of sp³-hybridized carbons (Fsp3) is 0.727. The minimum absolute atomic E-state index is 0.557. The third kappa shape index (κ3) is 2.31. The number of nitrogens with one attached hydrogen (secondary N) is 1. The molecule has 1 aliphatic rings. The number of likely N-dealkylation sites (N-methyl/N-ethyl adjacent to an activating group) is 1. The Bertz CT molecular complexity index is 331. The number of hydrogen-bond donors (Lipinski definition) is 1. The van der Waals surface area contributed by atoms with Crippen molar-refractivity contribution in [3.63, 3.8) is 0 Å². The molecule has 0 aliphatic carbocycles. The van der Waals surface area contributed by atoms with E-state index in [-0.39, 0.29) is 0 Å². The van der Waals surface area contributed by atoms with Crippen LogP contribution in [0.3, 0.4) is 0 Å². The molecule has 1 aromatic heterocycles. The molecule has 1 fully saturated rings. The van der Waals surface area contributed by atoms with Crippen molar-refractivity contribution in [2.45, 2.75) is 32.9 Å². The van der Waals surface area contributed by atoms with Crippen molar-refractivity contribution in [3.05, 3.63) is 11.9 Å². The SMILES string of the molecule is CCn1cc(C)nc1NC1CCN(C)C1. The quantitative estimate of drug-likeness (QED) is 0.813. The number of hydrogen-bond acceptors (Lipinski definition) is 3. The summed E-state index contributed by atoms with van der Waals surface area (Å²) in [5, 5.41) is 3.52. The van der Waals surface area contributed by atoms with E-state index in [0.29, 0.717) is 6.04 Å². The maximum absolute atomic E-state index is 4.50. The van der Waals surface area contributed by atoms with Crippen LogP contribution < -0.4 is 5.32 Å². The van der Waals surface area contributed by atoms with Crippen LogP contribution in [0.15, 0.2) is 6.20 Å². The van der Waals surface area contributed by atoms with Gasteiger partial charge in [0.15, 0.2) is 0 Å². The molecule has 0 radical (unpaired) electrons. The van der Waals surface area contributed by atoms with E-state index in [1.165, 1.54) is 13.0 Å². The van der Waals surface area contributed by atoms with Gasteiger partial charge in [0.1, 0.15) is 0 Å². The predicted molar refractivity (Wildman–Crippen MR) is 62.2 cm³/mol. The number of rotatable bonds is 3. The average molecular weight is 208 g/mol. The lowest BCUT2D eigenvalue weighted by Crippen LogP contribution is -2.25. The molecule has 1 N–H and O–H groups in total. The number of aryl methyl sites for hydroxylation is 2. The van der Waals surface area contributed by atoms with Gasteiger partial charge in [-0.15, -0.1) is 0 Å². The minimum Gasteiger partial charge on any atom is -0.352 e. The standard InChI is InChI=1S/C11H20N4/c1-4-15-7-9(2)12-11(15)13-10-5-6-14(3)8-10/h7,10H,4-6,8H2,1-3H3,(H,12,13). The van der Waals surface area contributed by atoms with Gasteiger partial charge in [-0.1, -0.05) is 0 Å². The second-order valence-corrected chi connectivity index (χ2v) is 4.38. The molecule has 15 heavy (non-hydrogen) atoms. The molecular weight excluding hydrogens is 188 g/mol. The van der Waals surface area contributed by atoms with E-state index < -0.39 is 0 Å². The summed E-state index contributed by atoms with van der Waals surface area (Å²) in [7, 11) is 2.17. The molecule has 1 atom stereocenters. The van der Waals surface area contributed by atoms with Crippen molar-refractivity contribution in [2.75, 3.05) is 25.5 Å². The number of anilines is 1. The lowest BCUT2D eigenvalue weighted by molar-refractivity contribution is 0.413. The third-order valence-electron chi connectivity index (χ3n) is 2.96. The zero-order valence-electron chi connectivity index (χ0n) is 9.82. The summed E-state index contributed by atoms with van der Waals surface area (Å²) in [6, 6.07) is 0.557. The summed E-state index contributed by atoms with van der Waals surface area (Å²) >= 11 is 0. The van der Waals surface area contributed by atoms with Crippen LogP contribution in [0.5, 0.6) is 0 Å². The van der Waals surface area contributed by atoms with Crippen LogP contribution >= 0.6 is 0 Å². The number of likely N-dealkylation sites (tertiary alicyclic amines) is 1. The average Bonchev–Trinajstić information content (AvgIpc) is 2.73. The van der Waals surface area contributed by atoms with Gasteiger partial charge in [-0.2, -0.15) is 0 Å². The molecule has 2 heterocycles. The van der Waals surface area contributed by atoms with Crippen molar-refractivity contribution in [3.8, 4) is 0 Å². The fourth-order valence-electron chi connectivity index (χ4n) is 2.14. The van der Waals surface area contributed by atoms with Gasteiger partial charge in [0.25, 0.3) is 0 Å². The topological polar surface area (TPSA) is 33.1 Å². The maximum atomic E-state index is 4.50. The Morgan fingerprint density at radius 3 is 3.00 bits per heavy atom. The highest BCUT2D eigenvalue weighted by Crippen LogP contribution is 2.14. The number of imidazole rings is 1. The molecule has 0 bridgehead atoms. The van der Waals surface area contributed by atoms with Gasteiger partial charge < -0.3 is 14.8 Å².